The Morgan fingerprint density at radius 1 is 1.38 bits per heavy atom. The molecule has 1 aliphatic carbocycles. The zero-order valence-corrected chi connectivity index (χ0v) is 10.5. The van der Waals surface area contributed by atoms with Crippen molar-refractivity contribution in [3.8, 4) is 0 Å². The number of hydrogen-bond acceptors (Lipinski definition) is 3. The largest absolute Gasteiger partial charge is 0.550 e. The molecule has 0 radical (unpaired) electrons. The van der Waals surface area contributed by atoms with E-state index in [1.807, 2.05) is 0 Å². The Balaban J connectivity index is 2.21. The van der Waals surface area contributed by atoms with Crippen LogP contribution in [-0.2, 0) is 4.79 Å². The Bertz CT molecular complexity index is 246. The summed E-state index contributed by atoms with van der Waals surface area (Å²) < 4.78 is 0. The molecule has 16 heavy (non-hydrogen) atoms. The summed E-state index contributed by atoms with van der Waals surface area (Å²) in [6, 6.07) is 0. The summed E-state index contributed by atoms with van der Waals surface area (Å²) in [5, 5.41) is 19.7. The minimum absolute atomic E-state index is 0.172. The number of aliphatic hydroxyl groups excluding tert-OH is 1. The van der Waals surface area contributed by atoms with E-state index in [0.29, 0.717) is 11.8 Å². The average Bonchev–Trinajstić information content (AvgIpc) is 2.61. The maximum Gasteiger partial charge on any atom is 0.0512 e. The van der Waals surface area contributed by atoms with Crippen molar-refractivity contribution in [2.24, 2.45) is 17.3 Å². The van der Waals surface area contributed by atoms with Crippen LogP contribution in [0, 0.1) is 17.3 Å². The van der Waals surface area contributed by atoms with E-state index in [0.717, 1.165) is 25.7 Å². The summed E-state index contributed by atoms with van der Waals surface area (Å²) >= 11 is 0. The number of carboxylic acid groups (broad SMARTS) is 1. The summed E-state index contributed by atoms with van der Waals surface area (Å²) in [6.07, 6.45) is 4.03. The molecule has 0 aromatic heterocycles. The van der Waals surface area contributed by atoms with E-state index >= 15 is 0 Å². The van der Waals surface area contributed by atoms with Gasteiger partial charge in [-0.3, -0.25) is 0 Å². The molecular weight excluding hydrogens is 204 g/mol. The van der Waals surface area contributed by atoms with Crippen LogP contribution in [0.1, 0.15) is 52.9 Å². The molecule has 3 nitrogen and oxygen atoms in total. The van der Waals surface area contributed by atoms with Crippen molar-refractivity contribution in [2.75, 3.05) is 0 Å². The van der Waals surface area contributed by atoms with Crippen molar-refractivity contribution in [3.05, 3.63) is 0 Å². The summed E-state index contributed by atoms with van der Waals surface area (Å²) in [7, 11) is 0. The number of unbranched alkanes of at least 4 members (excludes halogenated alkanes) is 1. The molecule has 1 fully saturated rings. The van der Waals surface area contributed by atoms with E-state index in [2.05, 4.69) is 13.8 Å². The van der Waals surface area contributed by atoms with Gasteiger partial charge >= 0.3 is 0 Å². The number of carbonyl (C=O) groups excluding carboxylic acids is 1. The zero-order chi connectivity index (χ0) is 12.3. The smallest absolute Gasteiger partial charge is 0.0512 e. The van der Waals surface area contributed by atoms with Crippen molar-refractivity contribution in [1.29, 1.82) is 0 Å². The Hall–Kier alpha value is -0.570. The highest BCUT2D eigenvalue weighted by atomic mass is 16.4. The Morgan fingerprint density at radius 2 is 2.00 bits per heavy atom. The Morgan fingerprint density at radius 3 is 2.50 bits per heavy atom. The third-order valence-electron chi connectivity index (χ3n) is 4.06. The van der Waals surface area contributed by atoms with Crippen LogP contribution in [0.3, 0.4) is 0 Å². The fraction of sp³-hybridized carbons (Fsp3) is 0.923. The Kier molecular flexibility index (Phi) is 4.36. The molecule has 0 aromatic rings. The summed E-state index contributed by atoms with van der Waals surface area (Å²) in [5.41, 5.74) is 0.172. The first-order valence-corrected chi connectivity index (χ1v) is 6.23. The minimum Gasteiger partial charge on any atom is -0.550 e. The molecule has 1 aliphatic rings. The van der Waals surface area contributed by atoms with Crippen LogP contribution in [-0.4, -0.2) is 17.2 Å². The minimum atomic E-state index is -0.926. The van der Waals surface area contributed by atoms with Crippen LogP contribution in [0.4, 0.5) is 0 Å². The van der Waals surface area contributed by atoms with E-state index < -0.39 is 5.97 Å². The SMILES string of the molecule is CC(O)CCCCC1C(CC(=O)[O-])C1(C)C. The lowest BCUT2D eigenvalue weighted by Crippen LogP contribution is -2.23. The van der Waals surface area contributed by atoms with Crippen molar-refractivity contribution >= 4 is 5.97 Å². The third-order valence-corrected chi connectivity index (χ3v) is 4.06. The van der Waals surface area contributed by atoms with Crippen LogP contribution in [0.5, 0.6) is 0 Å². The van der Waals surface area contributed by atoms with Crippen molar-refractivity contribution in [2.45, 2.75) is 59.0 Å². The molecule has 1 N–H and O–H groups in total. The second-order valence-corrected chi connectivity index (χ2v) is 5.74. The highest BCUT2D eigenvalue weighted by Gasteiger charge is 2.55. The number of aliphatic hydroxyl groups is 1. The summed E-state index contributed by atoms with van der Waals surface area (Å²) in [4.78, 5) is 10.6. The number of carboxylic acids is 1. The van der Waals surface area contributed by atoms with Gasteiger partial charge in [0.15, 0.2) is 0 Å². The molecule has 0 aromatic carbocycles. The topological polar surface area (TPSA) is 60.4 Å². The maximum atomic E-state index is 10.6. The predicted octanol–water partition coefficient (Wildman–Crippen LogP) is 1.34. The normalized spacial score (nSPS) is 28.8. The molecule has 3 atom stereocenters. The van der Waals surface area contributed by atoms with Gasteiger partial charge in [-0.15, -0.1) is 0 Å². The van der Waals surface area contributed by atoms with Crippen LogP contribution < -0.4 is 5.11 Å². The Labute approximate surface area is 97.9 Å². The van der Waals surface area contributed by atoms with E-state index in [1.54, 1.807) is 6.92 Å². The molecule has 0 aliphatic heterocycles. The van der Waals surface area contributed by atoms with Gasteiger partial charge in [0.25, 0.3) is 0 Å². The van der Waals surface area contributed by atoms with Gasteiger partial charge in [0, 0.05) is 5.97 Å². The van der Waals surface area contributed by atoms with Gasteiger partial charge in [0.05, 0.1) is 6.10 Å². The van der Waals surface area contributed by atoms with Gasteiger partial charge in [0.2, 0.25) is 0 Å². The zero-order valence-electron chi connectivity index (χ0n) is 10.5. The van der Waals surface area contributed by atoms with E-state index in [1.165, 1.54) is 0 Å². The number of rotatable bonds is 7. The maximum absolute atomic E-state index is 10.6. The van der Waals surface area contributed by atoms with Crippen LogP contribution in [0.25, 0.3) is 0 Å². The van der Waals surface area contributed by atoms with Crippen molar-refractivity contribution in [1.82, 2.24) is 0 Å². The van der Waals surface area contributed by atoms with E-state index in [9.17, 15) is 9.90 Å². The quantitative estimate of drug-likeness (QED) is 0.668. The monoisotopic (exact) mass is 227 g/mol. The first-order chi connectivity index (χ1) is 7.35. The fourth-order valence-electron chi connectivity index (χ4n) is 2.82. The van der Waals surface area contributed by atoms with Gasteiger partial charge in [-0.2, -0.15) is 0 Å². The highest BCUT2D eigenvalue weighted by Crippen LogP contribution is 2.61. The number of hydrogen-bond donors (Lipinski definition) is 1. The summed E-state index contributed by atoms with van der Waals surface area (Å²) in [5.74, 6) is -0.104. The lowest BCUT2D eigenvalue weighted by molar-refractivity contribution is -0.306. The van der Waals surface area contributed by atoms with E-state index in [4.69, 9.17) is 5.11 Å². The number of aliphatic carboxylic acids is 1. The van der Waals surface area contributed by atoms with Crippen molar-refractivity contribution < 1.29 is 15.0 Å². The molecule has 0 heterocycles. The molecule has 0 spiro atoms. The molecule has 0 bridgehead atoms. The first kappa shape index (κ1) is 13.5. The predicted molar refractivity (Wildman–Crippen MR) is 60.5 cm³/mol. The second-order valence-electron chi connectivity index (χ2n) is 5.74. The molecular formula is C13H23O3-. The molecule has 0 amide bonds. The molecule has 3 heteroatoms. The third kappa shape index (κ3) is 3.48. The van der Waals surface area contributed by atoms with Crippen LogP contribution in [0.15, 0.2) is 0 Å². The lowest BCUT2D eigenvalue weighted by Gasteiger charge is -2.04. The highest BCUT2D eigenvalue weighted by molar-refractivity contribution is 5.65. The van der Waals surface area contributed by atoms with Gasteiger partial charge in [-0.1, -0.05) is 26.7 Å². The average molecular weight is 227 g/mol. The molecule has 1 rings (SSSR count). The molecule has 0 saturated heterocycles. The molecule has 94 valence electrons. The van der Waals surface area contributed by atoms with Gasteiger partial charge < -0.3 is 15.0 Å². The molecule has 1 saturated carbocycles. The summed E-state index contributed by atoms with van der Waals surface area (Å²) in [6.45, 7) is 6.08. The molecule has 3 unspecified atom stereocenters. The standard InChI is InChI=1S/C13H24O3/c1-9(14)6-4-5-7-10-11(8-12(15)16)13(10,2)3/h9-11,14H,4-8H2,1-3H3,(H,15,16)/p-1. The first-order valence-electron chi connectivity index (χ1n) is 6.23. The van der Waals surface area contributed by atoms with Gasteiger partial charge in [-0.25, -0.2) is 0 Å². The lowest BCUT2D eigenvalue weighted by atomic mass is 10.0. The fourth-order valence-corrected chi connectivity index (χ4v) is 2.82. The van der Waals surface area contributed by atoms with Crippen molar-refractivity contribution in [3.63, 3.8) is 0 Å². The van der Waals surface area contributed by atoms with Crippen LogP contribution in [0.2, 0.25) is 0 Å². The number of carbonyl (C=O) groups is 1. The van der Waals surface area contributed by atoms with Gasteiger partial charge in [0.1, 0.15) is 0 Å². The second kappa shape index (κ2) is 5.17. The van der Waals surface area contributed by atoms with E-state index in [-0.39, 0.29) is 17.9 Å². The van der Waals surface area contributed by atoms with Crippen LogP contribution >= 0.6 is 0 Å². The van der Waals surface area contributed by atoms with Gasteiger partial charge in [-0.05, 0) is 43.4 Å².